The van der Waals surface area contributed by atoms with Crippen molar-refractivity contribution in [2.45, 2.75) is 0 Å². The molecule has 0 fully saturated rings. The zero-order valence-electron chi connectivity index (χ0n) is 11.9. The summed E-state index contributed by atoms with van der Waals surface area (Å²) in [7, 11) is 0. The van der Waals surface area contributed by atoms with Gasteiger partial charge in [-0.25, -0.2) is 18.2 Å². The van der Waals surface area contributed by atoms with Crippen LogP contribution in [0.2, 0.25) is 5.02 Å². The summed E-state index contributed by atoms with van der Waals surface area (Å²) in [5, 5.41) is 6.80. The molecular weight excluding hydrogens is 341 g/mol. The molecule has 0 unspecified atom stereocenters. The van der Waals surface area contributed by atoms with Crippen LogP contribution in [0.4, 0.5) is 13.2 Å². The third-order valence-electron chi connectivity index (χ3n) is 3.57. The zero-order valence-corrected chi connectivity index (χ0v) is 12.6. The predicted octanol–water partition coefficient (Wildman–Crippen LogP) is 4.69. The normalized spacial score (nSPS) is 11.3. The molecule has 0 amide bonds. The molecule has 2 aromatic heterocycles. The number of nitrogens with one attached hydrogen (secondary N) is 2. The molecule has 0 spiro atoms. The van der Waals surface area contributed by atoms with Crippen molar-refractivity contribution in [2.24, 2.45) is 0 Å². The van der Waals surface area contributed by atoms with E-state index < -0.39 is 17.5 Å². The molecule has 120 valence electrons. The van der Waals surface area contributed by atoms with Crippen LogP contribution in [0.25, 0.3) is 33.8 Å². The highest BCUT2D eigenvalue weighted by Gasteiger charge is 2.13. The second-order valence-electron chi connectivity index (χ2n) is 5.16. The van der Waals surface area contributed by atoms with Crippen molar-refractivity contribution in [3.8, 4) is 22.8 Å². The first-order valence-electron chi connectivity index (χ1n) is 6.87. The van der Waals surface area contributed by atoms with E-state index in [1.54, 1.807) is 6.07 Å². The second-order valence-corrected chi connectivity index (χ2v) is 5.57. The topological polar surface area (TPSA) is 57.4 Å². The Morgan fingerprint density at radius 3 is 2.54 bits per heavy atom. The van der Waals surface area contributed by atoms with Gasteiger partial charge in [0.2, 0.25) is 0 Å². The van der Waals surface area contributed by atoms with Gasteiger partial charge in [0, 0.05) is 11.6 Å². The minimum Gasteiger partial charge on any atom is -0.337 e. The molecule has 0 bridgehead atoms. The minimum atomic E-state index is -0.953. The number of rotatable bonds is 2. The van der Waals surface area contributed by atoms with E-state index in [-0.39, 0.29) is 5.02 Å². The first-order chi connectivity index (χ1) is 11.5. The van der Waals surface area contributed by atoms with Gasteiger partial charge < -0.3 is 4.98 Å². The lowest BCUT2D eigenvalue weighted by molar-refractivity contribution is 0.509. The molecule has 0 saturated carbocycles. The summed E-state index contributed by atoms with van der Waals surface area (Å²) < 4.78 is 39.8. The lowest BCUT2D eigenvalue weighted by Gasteiger charge is -1.96. The Kier molecular flexibility index (Phi) is 3.31. The molecule has 0 aliphatic heterocycles. The molecule has 0 aliphatic carbocycles. The smallest absolute Gasteiger partial charge is 0.159 e. The van der Waals surface area contributed by atoms with E-state index >= 15 is 0 Å². The van der Waals surface area contributed by atoms with E-state index in [4.69, 9.17) is 11.6 Å². The van der Waals surface area contributed by atoms with Crippen molar-refractivity contribution in [1.29, 1.82) is 0 Å². The Balaban J connectivity index is 1.75. The van der Waals surface area contributed by atoms with Crippen LogP contribution in [0.3, 0.4) is 0 Å². The lowest BCUT2D eigenvalue weighted by atomic mass is 10.1. The second kappa shape index (κ2) is 5.38. The Labute approximate surface area is 138 Å². The van der Waals surface area contributed by atoms with Crippen molar-refractivity contribution in [2.75, 3.05) is 0 Å². The van der Waals surface area contributed by atoms with E-state index in [1.165, 1.54) is 18.2 Å². The van der Waals surface area contributed by atoms with Crippen LogP contribution in [0.1, 0.15) is 0 Å². The highest BCUT2D eigenvalue weighted by molar-refractivity contribution is 6.31. The van der Waals surface area contributed by atoms with E-state index in [2.05, 4.69) is 20.2 Å². The van der Waals surface area contributed by atoms with E-state index in [9.17, 15) is 13.2 Å². The zero-order chi connectivity index (χ0) is 16.8. The molecule has 0 atom stereocenters. The molecule has 4 nitrogen and oxygen atoms in total. The summed E-state index contributed by atoms with van der Waals surface area (Å²) >= 11 is 5.74. The first kappa shape index (κ1) is 14.8. The van der Waals surface area contributed by atoms with Gasteiger partial charge in [-0.1, -0.05) is 11.6 Å². The first-order valence-corrected chi connectivity index (χ1v) is 7.25. The third kappa shape index (κ3) is 2.43. The van der Waals surface area contributed by atoms with Crippen molar-refractivity contribution < 1.29 is 13.2 Å². The van der Waals surface area contributed by atoms with Crippen LogP contribution >= 0.6 is 11.6 Å². The minimum absolute atomic E-state index is 0.0207. The molecule has 0 saturated heterocycles. The van der Waals surface area contributed by atoms with Crippen LogP contribution < -0.4 is 0 Å². The molecule has 2 heterocycles. The van der Waals surface area contributed by atoms with Gasteiger partial charge in [-0.15, -0.1) is 0 Å². The van der Waals surface area contributed by atoms with Gasteiger partial charge in [-0.3, -0.25) is 5.10 Å². The average molecular weight is 349 g/mol. The molecule has 24 heavy (non-hydrogen) atoms. The van der Waals surface area contributed by atoms with E-state index in [0.717, 1.165) is 12.1 Å². The van der Waals surface area contributed by atoms with Crippen LogP contribution in [-0.4, -0.2) is 20.2 Å². The Morgan fingerprint density at radius 2 is 1.75 bits per heavy atom. The van der Waals surface area contributed by atoms with Crippen LogP contribution in [0, 0.1) is 17.5 Å². The maximum atomic E-state index is 13.5. The van der Waals surface area contributed by atoms with E-state index in [0.29, 0.717) is 33.8 Å². The Hall–Kier alpha value is -2.80. The molecule has 8 heteroatoms. The molecule has 0 radical (unpaired) electrons. The Morgan fingerprint density at radius 1 is 0.917 bits per heavy atom. The van der Waals surface area contributed by atoms with Gasteiger partial charge >= 0.3 is 0 Å². The summed E-state index contributed by atoms with van der Waals surface area (Å²) in [5.41, 5.74) is 2.34. The van der Waals surface area contributed by atoms with Crippen molar-refractivity contribution in [3.05, 3.63) is 58.9 Å². The lowest BCUT2D eigenvalue weighted by Crippen LogP contribution is -1.85. The van der Waals surface area contributed by atoms with Gasteiger partial charge in [0.05, 0.1) is 21.7 Å². The van der Waals surface area contributed by atoms with Crippen LogP contribution in [-0.2, 0) is 0 Å². The molecular formula is C16H8ClF3N4. The predicted molar refractivity (Wildman–Crippen MR) is 84.0 cm³/mol. The number of benzene rings is 2. The summed E-state index contributed by atoms with van der Waals surface area (Å²) in [6.07, 6.45) is 0. The number of imidazole rings is 1. The van der Waals surface area contributed by atoms with Gasteiger partial charge in [0.25, 0.3) is 0 Å². The van der Waals surface area contributed by atoms with Crippen molar-refractivity contribution in [1.82, 2.24) is 20.2 Å². The quantitative estimate of drug-likeness (QED) is 0.552. The molecule has 2 N–H and O–H groups in total. The third-order valence-corrected chi connectivity index (χ3v) is 3.86. The molecule has 0 aliphatic rings. The largest absolute Gasteiger partial charge is 0.337 e. The fourth-order valence-electron chi connectivity index (χ4n) is 2.38. The average Bonchev–Trinajstić information content (AvgIpc) is 3.17. The Bertz CT molecular complexity index is 1030. The number of aromatic amines is 2. The number of H-pyrrole nitrogens is 2. The van der Waals surface area contributed by atoms with Gasteiger partial charge in [0.15, 0.2) is 17.5 Å². The summed E-state index contributed by atoms with van der Waals surface area (Å²) in [6, 6.07) is 7.81. The monoisotopic (exact) mass is 348 g/mol. The highest BCUT2D eigenvalue weighted by Crippen LogP contribution is 2.27. The number of hydrogen-bond acceptors (Lipinski definition) is 2. The van der Waals surface area contributed by atoms with Crippen molar-refractivity contribution in [3.63, 3.8) is 0 Å². The molecule has 2 aromatic carbocycles. The fourth-order valence-corrected chi connectivity index (χ4v) is 2.54. The summed E-state index contributed by atoms with van der Waals surface area (Å²) in [6.45, 7) is 0. The number of aromatic nitrogens is 4. The maximum Gasteiger partial charge on any atom is 0.159 e. The molecule has 4 rings (SSSR count). The molecule has 4 aromatic rings. The fraction of sp³-hybridized carbons (Fsp3) is 0. The van der Waals surface area contributed by atoms with Gasteiger partial charge in [-0.2, -0.15) is 5.10 Å². The highest BCUT2D eigenvalue weighted by atomic mass is 35.5. The van der Waals surface area contributed by atoms with Gasteiger partial charge in [-0.05, 0) is 30.3 Å². The van der Waals surface area contributed by atoms with Crippen molar-refractivity contribution >= 4 is 22.6 Å². The standard InChI is InChI=1S/C16H8ClF3N4/c17-8-4-13-14(5-10(8)19)22-16(21-13)15-6-12(23-24-15)7-1-2-9(18)11(20)3-7/h1-6H,(H,21,22)(H,23,24). The van der Waals surface area contributed by atoms with Gasteiger partial charge in [0.1, 0.15) is 11.5 Å². The SMILES string of the molecule is Fc1ccc(-c2cc(-c3nc4cc(Cl)c(F)cc4[nH]3)[nH]n2)cc1F. The number of halogens is 4. The number of nitrogens with zero attached hydrogens (tertiary/aromatic N) is 2. The van der Waals surface area contributed by atoms with E-state index in [1.807, 2.05) is 0 Å². The van der Waals surface area contributed by atoms with Crippen LogP contribution in [0.5, 0.6) is 0 Å². The summed E-state index contributed by atoms with van der Waals surface area (Å²) in [4.78, 5) is 7.26. The number of hydrogen-bond donors (Lipinski definition) is 2. The summed E-state index contributed by atoms with van der Waals surface area (Å²) in [5.74, 6) is -2.00. The maximum absolute atomic E-state index is 13.5. The van der Waals surface area contributed by atoms with Crippen LogP contribution in [0.15, 0.2) is 36.4 Å². The number of fused-ring (bicyclic) bond motifs is 1.